The van der Waals surface area contributed by atoms with Gasteiger partial charge in [0.2, 0.25) is 0 Å². The largest absolute Gasteiger partial charge is 0.359 e. The second-order valence-corrected chi connectivity index (χ2v) is 3.65. The van der Waals surface area contributed by atoms with Crippen LogP contribution in [0.15, 0.2) is 12.1 Å². The van der Waals surface area contributed by atoms with Gasteiger partial charge in [-0.25, -0.2) is 4.79 Å². The Hall–Kier alpha value is -3.37. The van der Waals surface area contributed by atoms with E-state index in [0.29, 0.717) is 6.07 Å². The molecule has 0 spiro atoms. The average Bonchev–Trinajstić information content (AvgIpc) is 2.60. The molecule has 0 aromatic heterocycles. The third-order valence-corrected chi connectivity index (χ3v) is 2.61. The Morgan fingerprint density at radius 1 is 1.10 bits per heavy atom. The maximum Gasteiger partial charge on any atom is 0.359 e. The summed E-state index contributed by atoms with van der Waals surface area (Å²) in [4.78, 5) is 53.9. The number of primary amides is 1. The Balaban J connectivity index is 2.82. The van der Waals surface area contributed by atoms with Crippen molar-refractivity contribution in [2.24, 2.45) is 5.73 Å². The van der Waals surface area contributed by atoms with E-state index in [4.69, 9.17) is 5.73 Å². The molecule has 1 aliphatic rings. The molecule has 2 rings (SSSR count). The summed E-state index contributed by atoms with van der Waals surface area (Å²) in [5.74, 6) is -2.51. The number of carbonyl (C=O) groups is 3. The van der Waals surface area contributed by atoms with Crippen LogP contribution < -0.4 is 5.73 Å². The van der Waals surface area contributed by atoms with Crippen molar-refractivity contribution in [3.05, 3.63) is 43.5 Å². The van der Waals surface area contributed by atoms with Gasteiger partial charge in [-0.3, -0.25) is 29.8 Å². The van der Waals surface area contributed by atoms with Gasteiger partial charge < -0.3 is 5.73 Å². The van der Waals surface area contributed by atoms with Gasteiger partial charge in [0.25, 0.3) is 11.8 Å². The molecular weight excluding hydrogens is 276 g/mol. The Kier molecular flexibility index (Phi) is 2.67. The van der Waals surface area contributed by atoms with E-state index >= 15 is 0 Å². The summed E-state index contributed by atoms with van der Waals surface area (Å²) in [6.45, 7) is 0. The summed E-state index contributed by atoms with van der Waals surface area (Å²) in [6, 6.07) is 0.157. The molecule has 102 valence electrons. The van der Waals surface area contributed by atoms with Gasteiger partial charge >= 0.3 is 17.4 Å². The minimum atomic E-state index is -1.42. The van der Waals surface area contributed by atoms with Gasteiger partial charge in [-0.2, -0.15) is 4.90 Å². The molecule has 4 amide bonds. The fraction of sp³-hybridized carbons (Fsp3) is 0. The van der Waals surface area contributed by atoms with E-state index in [1.807, 2.05) is 0 Å². The standard InChI is InChI=1S/C9H4N4O7/c10-9(16)11-7(14)3-1-2-4(12(17)18)6(13(19)20)5(3)8(11)15/h1-2H,(H2,10,16). The number of nitro groups is 2. The zero-order valence-electron chi connectivity index (χ0n) is 9.43. The number of nitro benzene ring substituents is 2. The summed E-state index contributed by atoms with van der Waals surface area (Å²) in [7, 11) is 0. The lowest BCUT2D eigenvalue weighted by Gasteiger charge is -2.06. The molecule has 0 unspecified atom stereocenters. The first-order chi connectivity index (χ1) is 9.27. The highest BCUT2D eigenvalue weighted by molar-refractivity contribution is 6.30. The number of hydrogen-bond donors (Lipinski definition) is 1. The van der Waals surface area contributed by atoms with Crippen LogP contribution in [0.2, 0.25) is 0 Å². The smallest absolute Gasteiger partial charge is 0.351 e. The van der Waals surface area contributed by atoms with Crippen LogP contribution in [0.4, 0.5) is 16.2 Å². The monoisotopic (exact) mass is 280 g/mol. The zero-order chi connectivity index (χ0) is 15.2. The average molecular weight is 280 g/mol. The van der Waals surface area contributed by atoms with Gasteiger partial charge in [-0.15, -0.1) is 0 Å². The molecule has 1 aromatic rings. The van der Waals surface area contributed by atoms with Crippen molar-refractivity contribution in [2.75, 3.05) is 0 Å². The molecule has 0 bridgehead atoms. The number of nitrogens with two attached hydrogens (primary N) is 1. The summed E-state index contributed by atoms with van der Waals surface area (Å²) < 4.78 is 0. The SMILES string of the molecule is NC(=O)N1C(=O)c2ccc([N+](=O)[O-])c([N+](=O)[O-])c2C1=O. The number of fused-ring (bicyclic) bond motifs is 1. The normalized spacial score (nSPS) is 13.3. The molecule has 20 heavy (non-hydrogen) atoms. The molecule has 1 aliphatic heterocycles. The van der Waals surface area contributed by atoms with Crippen LogP contribution in [0.1, 0.15) is 20.7 Å². The lowest BCUT2D eigenvalue weighted by Crippen LogP contribution is -2.40. The lowest BCUT2D eigenvalue weighted by molar-refractivity contribution is -0.422. The van der Waals surface area contributed by atoms with E-state index in [-0.39, 0.29) is 4.90 Å². The minimum absolute atomic E-state index is 0.0125. The first kappa shape index (κ1) is 13.1. The number of hydrogen-bond acceptors (Lipinski definition) is 7. The highest BCUT2D eigenvalue weighted by Crippen LogP contribution is 2.37. The molecule has 2 N–H and O–H groups in total. The molecule has 1 aromatic carbocycles. The maximum absolute atomic E-state index is 11.8. The predicted molar refractivity (Wildman–Crippen MR) is 59.8 cm³/mol. The molecule has 0 fully saturated rings. The van der Waals surface area contributed by atoms with Crippen LogP contribution in [0.25, 0.3) is 0 Å². The number of urea groups is 1. The zero-order valence-corrected chi connectivity index (χ0v) is 9.43. The third-order valence-electron chi connectivity index (χ3n) is 2.61. The van der Waals surface area contributed by atoms with Crippen molar-refractivity contribution in [3.63, 3.8) is 0 Å². The summed E-state index contributed by atoms with van der Waals surface area (Å²) in [5, 5.41) is 21.6. The molecule has 0 radical (unpaired) electrons. The summed E-state index contributed by atoms with van der Waals surface area (Å²) in [6.07, 6.45) is 0. The van der Waals surface area contributed by atoms with Crippen molar-refractivity contribution < 1.29 is 24.2 Å². The lowest BCUT2D eigenvalue weighted by atomic mass is 10.1. The molecule has 0 saturated heterocycles. The quantitative estimate of drug-likeness (QED) is 0.457. The number of rotatable bonds is 2. The minimum Gasteiger partial charge on any atom is -0.351 e. The highest BCUT2D eigenvalue weighted by Gasteiger charge is 2.47. The first-order valence-corrected chi connectivity index (χ1v) is 4.91. The fourth-order valence-corrected chi connectivity index (χ4v) is 1.83. The number of amides is 4. The maximum atomic E-state index is 11.8. The number of imide groups is 3. The topological polar surface area (TPSA) is 167 Å². The molecule has 0 atom stereocenters. The molecule has 11 heteroatoms. The van der Waals surface area contributed by atoms with Crippen LogP contribution in [0.3, 0.4) is 0 Å². The second-order valence-electron chi connectivity index (χ2n) is 3.65. The molecule has 0 saturated carbocycles. The predicted octanol–water partition coefficient (Wildman–Crippen LogP) is 0.178. The van der Waals surface area contributed by atoms with Crippen molar-refractivity contribution in [1.29, 1.82) is 0 Å². The van der Waals surface area contributed by atoms with Gasteiger partial charge in [0.15, 0.2) is 0 Å². The van der Waals surface area contributed by atoms with Gasteiger partial charge in [0.1, 0.15) is 5.56 Å². The number of nitrogens with zero attached hydrogens (tertiary/aromatic N) is 3. The van der Waals surface area contributed by atoms with Gasteiger partial charge in [-0.05, 0) is 6.07 Å². The van der Waals surface area contributed by atoms with Gasteiger partial charge in [0.05, 0.1) is 15.4 Å². The van der Waals surface area contributed by atoms with Crippen molar-refractivity contribution >= 4 is 29.2 Å². The highest BCUT2D eigenvalue weighted by atomic mass is 16.6. The van der Waals surface area contributed by atoms with Crippen LogP contribution in [0, 0.1) is 20.2 Å². The van der Waals surface area contributed by atoms with Gasteiger partial charge in [0, 0.05) is 6.07 Å². The Morgan fingerprint density at radius 2 is 1.70 bits per heavy atom. The Morgan fingerprint density at radius 3 is 2.15 bits per heavy atom. The van der Waals surface area contributed by atoms with Crippen LogP contribution >= 0.6 is 0 Å². The van der Waals surface area contributed by atoms with E-state index in [9.17, 15) is 34.6 Å². The van der Waals surface area contributed by atoms with E-state index in [2.05, 4.69) is 0 Å². The van der Waals surface area contributed by atoms with Gasteiger partial charge in [-0.1, -0.05) is 0 Å². The first-order valence-electron chi connectivity index (χ1n) is 4.91. The van der Waals surface area contributed by atoms with Crippen LogP contribution in [-0.2, 0) is 0 Å². The van der Waals surface area contributed by atoms with Crippen molar-refractivity contribution in [3.8, 4) is 0 Å². The van der Waals surface area contributed by atoms with Crippen LogP contribution in [-0.4, -0.2) is 32.6 Å². The fourth-order valence-electron chi connectivity index (χ4n) is 1.83. The third kappa shape index (κ3) is 1.57. The molecule has 0 aliphatic carbocycles. The number of benzene rings is 1. The summed E-state index contributed by atoms with van der Waals surface area (Å²) >= 11 is 0. The second kappa shape index (κ2) is 4.08. The van der Waals surface area contributed by atoms with E-state index in [0.717, 1.165) is 6.07 Å². The van der Waals surface area contributed by atoms with Crippen molar-refractivity contribution in [2.45, 2.75) is 0 Å². The van der Waals surface area contributed by atoms with Crippen LogP contribution in [0.5, 0.6) is 0 Å². The van der Waals surface area contributed by atoms with Crippen molar-refractivity contribution in [1.82, 2.24) is 4.90 Å². The Bertz CT molecular complexity index is 710. The molecule has 11 nitrogen and oxygen atoms in total. The molecular formula is C9H4N4O7. The van der Waals surface area contributed by atoms with E-state index in [1.165, 1.54) is 0 Å². The molecule has 1 heterocycles. The van der Waals surface area contributed by atoms with E-state index in [1.54, 1.807) is 0 Å². The summed E-state index contributed by atoms with van der Waals surface area (Å²) in [5.41, 5.74) is 1.43. The van der Waals surface area contributed by atoms with E-state index < -0.39 is 50.2 Å². The Labute approximate surface area is 108 Å². The number of carbonyl (C=O) groups excluding carboxylic acids is 3.